The fourth-order valence-corrected chi connectivity index (χ4v) is 5.09. The highest BCUT2D eigenvalue weighted by Crippen LogP contribution is 2.31. The summed E-state index contributed by atoms with van der Waals surface area (Å²) in [5, 5.41) is 8.03. The van der Waals surface area contributed by atoms with Crippen LogP contribution in [0, 0.1) is 11.6 Å². The third-order valence-corrected chi connectivity index (χ3v) is 7.27. The van der Waals surface area contributed by atoms with E-state index in [0.717, 1.165) is 47.9 Å². The summed E-state index contributed by atoms with van der Waals surface area (Å²) in [4.78, 5) is 30.5. The SMILES string of the molecule is COc1ccccc1N1CCN(c2ccc(NC(=O)Nc3ccc(F)cc3F)cc2C(=O)NCCc2ccccc2)CC1. The van der Waals surface area contributed by atoms with Crippen LogP contribution in [-0.4, -0.2) is 51.8 Å². The Kier molecular flexibility index (Phi) is 9.36. The van der Waals surface area contributed by atoms with Crippen LogP contribution in [0.5, 0.6) is 5.75 Å². The highest BCUT2D eigenvalue weighted by molar-refractivity contribution is 6.04. The first-order chi connectivity index (χ1) is 20.9. The zero-order valence-electron chi connectivity index (χ0n) is 23.8. The Balaban J connectivity index is 1.32. The fraction of sp³-hybridized carbons (Fsp3) is 0.212. The average Bonchev–Trinajstić information content (AvgIpc) is 3.03. The maximum atomic E-state index is 14.0. The van der Waals surface area contributed by atoms with Gasteiger partial charge in [0.2, 0.25) is 0 Å². The Labute approximate surface area is 249 Å². The summed E-state index contributed by atoms with van der Waals surface area (Å²) < 4.78 is 32.8. The second-order valence-corrected chi connectivity index (χ2v) is 10.1. The van der Waals surface area contributed by atoms with Gasteiger partial charge in [-0.3, -0.25) is 4.79 Å². The zero-order valence-corrected chi connectivity index (χ0v) is 23.8. The van der Waals surface area contributed by atoms with Crippen molar-refractivity contribution in [1.29, 1.82) is 0 Å². The van der Waals surface area contributed by atoms with Gasteiger partial charge in [-0.15, -0.1) is 0 Å². The van der Waals surface area contributed by atoms with Crippen LogP contribution >= 0.6 is 0 Å². The Morgan fingerprint density at radius 1 is 0.791 bits per heavy atom. The molecular weight excluding hydrogens is 552 g/mol. The van der Waals surface area contributed by atoms with Gasteiger partial charge in [0, 0.05) is 50.2 Å². The minimum Gasteiger partial charge on any atom is -0.495 e. The summed E-state index contributed by atoms with van der Waals surface area (Å²) in [5.41, 5.74) is 3.46. The number of halogens is 2. The number of rotatable bonds is 9. The van der Waals surface area contributed by atoms with Crippen LogP contribution in [-0.2, 0) is 6.42 Å². The molecule has 1 aliphatic heterocycles. The predicted molar refractivity (Wildman–Crippen MR) is 165 cm³/mol. The summed E-state index contributed by atoms with van der Waals surface area (Å²) in [6, 6.07) is 25.0. The van der Waals surface area contributed by atoms with E-state index in [1.807, 2.05) is 54.6 Å². The molecule has 10 heteroatoms. The van der Waals surface area contributed by atoms with Gasteiger partial charge in [0.25, 0.3) is 5.91 Å². The number of piperazine rings is 1. The lowest BCUT2D eigenvalue weighted by molar-refractivity contribution is 0.0954. The highest BCUT2D eigenvalue weighted by Gasteiger charge is 2.24. The number of carbonyl (C=O) groups excluding carboxylic acids is 2. The summed E-state index contributed by atoms with van der Waals surface area (Å²) >= 11 is 0. The fourth-order valence-electron chi connectivity index (χ4n) is 5.09. The van der Waals surface area contributed by atoms with E-state index in [1.54, 1.807) is 25.3 Å². The topological polar surface area (TPSA) is 85.9 Å². The van der Waals surface area contributed by atoms with Crippen LogP contribution in [0.1, 0.15) is 15.9 Å². The molecule has 0 atom stereocenters. The van der Waals surface area contributed by atoms with Crippen molar-refractivity contribution >= 4 is 34.7 Å². The van der Waals surface area contributed by atoms with Crippen molar-refractivity contribution in [2.75, 3.05) is 60.3 Å². The molecule has 0 bridgehead atoms. The van der Waals surface area contributed by atoms with E-state index in [0.29, 0.717) is 43.4 Å². The molecule has 8 nitrogen and oxygen atoms in total. The highest BCUT2D eigenvalue weighted by atomic mass is 19.1. The van der Waals surface area contributed by atoms with Crippen LogP contribution in [0.25, 0.3) is 0 Å². The Morgan fingerprint density at radius 3 is 2.21 bits per heavy atom. The number of ether oxygens (including phenoxy) is 1. The molecule has 3 N–H and O–H groups in total. The van der Waals surface area contributed by atoms with Gasteiger partial charge in [-0.05, 0) is 54.4 Å². The molecule has 43 heavy (non-hydrogen) atoms. The van der Waals surface area contributed by atoms with Crippen molar-refractivity contribution < 1.29 is 23.1 Å². The van der Waals surface area contributed by atoms with Gasteiger partial charge in [-0.25, -0.2) is 13.6 Å². The molecule has 1 fully saturated rings. The molecule has 1 aliphatic rings. The van der Waals surface area contributed by atoms with Gasteiger partial charge >= 0.3 is 6.03 Å². The Morgan fingerprint density at radius 2 is 1.49 bits per heavy atom. The van der Waals surface area contributed by atoms with Crippen molar-refractivity contribution in [2.45, 2.75) is 6.42 Å². The number of amides is 3. The monoisotopic (exact) mass is 585 g/mol. The van der Waals surface area contributed by atoms with E-state index in [-0.39, 0.29) is 11.6 Å². The van der Waals surface area contributed by atoms with Crippen LogP contribution in [0.3, 0.4) is 0 Å². The third-order valence-electron chi connectivity index (χ3n) is 7.27. The third kappa shape index (κ3) is 7.40. The second kappa shape index (κ2) is 13.7. The summed E-state index contributed by atoms with van der Waals surface area (Å²) in [6.07, 6.45) is 0.670. The van der Waals surface area contributed by atoms with Crippen LogP contribution < -0.4 is 30.5 Å². The molecule has 1 saturated heterocycles. The van der Waals surface area contributed by atoms with Crippen molar-refractivity contribution in [1.82, 2.24) is 5.32 Å². The first-order valence-electron chi connectivity index (χ1n) is 14.0. The molecule has 5 rings (SSSR count). The predicted octanol–water partition coefficient (Wildman–Crippen LogP) is 5.92. The molecule has 0 radical (unpaired) electrons. The largest absolute Gasteiger partial charge is 0.495 e. The maximum absolute atomic E-state index is 14.0. The molecular formula is C33H33F2N5O3. The maximum Gasteiger partial charge on any atom is 0.323 e. The van der Waals surface area contributed by atoms with Gasteiger partial charge < -0.3 is 30.5 Å². The molecule has 4 aromatic rings. The van der Waals surface area contributed by atoms with E-state index < -0.39 is 17.7 Å². The van der Waals surface area contributed by atoms with E-state index in [2.05, 4.69) is 25.8 Å². The molecule has 222 valence electrons. The second-order valence-electron chi connectivity index (χ2n) is 10.1. The number of carbonyl (C=O) groups is 2. The summed E-state index contributed by atoms with van der Waals surface area (Å²) in [6.45, 7) is 3.22. The van der Waals surface area contributed by atoms with Crippen molar-refractivity contribution in [3.63, 3.8) is 0 Å². The van der Waals surface area contributed by atoms with Gasteiger partial charge in [0.1, 0.15) is 17.4 Å². The van der Waals surface area contributed by atoms with Crippen molar-refractivity contribution in [2.24, 2.45) is 0 Å². The average molecular weight is 586 g/mol. The molecule has 4 aromatic carbocycles. The molecule has 0 saturated carbocycles. The molecule has 3 amide bonds. The van der Waals surface area contributed by atoms with Gasteiger partial charge in [-0.1, -0.05) is 42.5 Å². The molecule has 0 aliphatic carbocycles. The Bertz CT molecular complexity index is 1580. The number of para-hydroxylation sites is 2. The number of anilines is 4. The van der Waals surface area contributed by atoms with E-state index in [9.17, 15) is 18.4 Å². The smallest absolute Gasteiger partial charge is 0.323 e. The van der Waals surface area contributed by atoms with Gasteiger partial charge in [0.15, 0.2) is 0 Å². The number of hydrogen-bond donors (Lipinski definition) is 3. The summed E-state index contributed by atoms with van der Waals surface area (Å²) in [5.74, 6) is -1.10. The lowest BCUT2D eigenvalue weighted by atomic mass is 10.1. The molecule has 0 spiro atoms. The van der Waals surface area contributed by atoms with Crippen LogP contribution in [0.4, 0.5) is 36.3 Å². The standard InChI is InChI=1S/C33H33F2N5O3/c1-43-31-10-6-5-9-30(31)40-19-17-39(18-20-40)29-14-12-25(37-33(42)38-28-13-11-24(34)21-27(28)35)22-26(29)32(41)36-16-15-23-7-3-2-4-8-23/h2-14,21-22H,15-20H2,1H3,(H,36,41)(H2,37,38,42). The first kappa shape index (κ1) is 29.4. The van der Waals surface area contributed by atoms with E-state index >= 15 is 0 Å². The minimum absolute atomic E-state index is 0.165. The van der Waals surface area contributed by atoms with Crippen LogP contribution in [0.2, 0.25) is 0 Å². The van der Waals surface area contributed by atoms with Crippen LogP contribution in [0.15, 0.2) is 91.0 Å². The number of benzene rings is 4. The normalized spacial score (nSPS) is 12.9. The number of nitrogens with zero attached hydrogens (tertiary/aromatic N) is 2. The van der Waals surface area contributed by atoms with Crippen molar-refractivity contribution in [3.05, 3.63) is 114 Å². The quantitative estimate of drug-likeness (QED) is 0.227. The zero-order chi connectivity index (χ0) is 30.2. The van der Waals surface area contributed by atoms with Gasteiger partial charge in [0.05, 0.1) is 24.0 Å². The Hall–Kier alpha value is -5.12. The number of nitrogens with one attached hydrogen (secondary N) is 3. The van der Waals surface area contributed by atoms with E-state index in [1.165, 1.54) is 0 Å². The lowest BCUT2D eigenvalue weighted by Gasteiger charge is -2.38. The van der Waals surface area contributed by atoms with Gasteiger partial charge in [-0.2, -0.15) is 0 Å². The van der Waals surface area contributed by atoms with Crippen molar-refractivity contribution in [3.8, 4) is 5.75 Å². The molecule has 0 aromatic heterocycles. The summed E-state index contributed by atoms with van der Waals surface area (Å²) in [7, 11) is 1.66. The minimum atomic E-state index is -0.892. The number of hydrogen-bond acceptors (Lipinski definition) is 5. The molecule has 0 unspecified atom stereocenters. The number of methoxy groups -OCH3 is 1. The lowest BCUT2D eigenvalue weighted by Crippen LogP contribution is -2.47. The van der Waals surface area contributed by atoms with E-state index in [4.69, 9.17) is 4.74 Å². The first-order valence-corrected chi connectivity index (χ1v) is 14.0. The molecule has 1 heterocycles. The number of urea groups is 1.